The van der Waals surface area contributed by atoms with Crippen molar-refractivity contribution in [2.45, 2.75) is 25.4 Å². The molecule has 5 nitrogen and oxygen atoms in total. The number of carbonyl (C=O) groups is 1. The summed E-state index contributed by atoms with van der Waals surface area (Å²) in [5.74, 6) is 0. The molecule has 0 bridgehead atoms. The molecule has 0 spiro atoms. The molecular weight excluding hydrogens is 198 g/mol. The fourth-order valence-electron chi connectivity index (χ4n) is 1.20. The predicted octanol–water partition coefficient (Wildman–Crippen LogP) is 2.07. The largest absolute Gasteiger partial charge is 0.450 e. The van der Waals surface area contributed by atoms with E-state index in [4.69, 9.17) is 11.6 Å². The standard InChI is InChI=1S/C7H8ClNO4/c8-7(10)13-6-3-1-5(2-4-6)9(11)12/h1,6H,2-4H2. The van der Waals surface area contributed by atoms with E-state index < -0.39 is 10.4 Å². The van der Waals surface area contributed by atoms with Gasteiger partial charge in [-0.25, -0.2) is 4.79 Å². The van der Waals surface area contributed by atoms with Gasteiger partial charge in [-0.2, -0.15) is 0 Å². The van der Waals surface area contributed by atoms with Gasteiger partial charge in [0.25, 0.3) is 0 Å². The van der Waals surface area contributed by atoms with E-state index in [2.05, 4.69) is 4.74 Å². The van der Waals surface area contributed by atoms with Crippen LogP contribution in [-0.4, -0.2) is 16.5 Å². The molecule has 1 aliphatic carbocycles. The molecule has 1 atom stereocenters. The molecule has 1 unspecified atom stereocenters. The van der Waals surface area contributed by atoms with Crippen LogP contribution in [0.5, 0.6) is 0 Å². The Balaban J connectivity index is 2.46. The fourth-order valence-corrected chi connectivity index (χ4v) is 1.33. The van der Waals surface area contributed by atoms with E-state index in [1.807, 2.05) is 0 Å². The molecule has 72 valence electrons. The Morgan fingerprint density at radius 3 is 2.85 bits per heavy atom. The molecule has 0 N–H and O–H groups in total. The Bertz CT molecular complexity index is 263. The minimum Gasteiger partial charge on any atom is -0.450 e. The highest BCUT2D eigenvalue weighted by Gasteiger charge is 2.22. The van der Waals surface area contributed by atoms with Crippen LogP contribution < -0.4 is 0 Å². The highest BCUT2D eigenvalue weighted by Crippen LogP contribution is 2.21. The Morgan fingerprint density at radius 1 is 1.77 bits per heavy atom. The first kappa shape index (κ1) is 9.98. The molecule has 0 aliphatic heterocycles. The number of carbonyl (C=O) groups excluding carboxylic acids is 1. The van der Waals surface area contributed by atoms with E-state index in [9.17, 15) is 14.9 Å². The fraction of sp³-hybridized carbons (Fsp3) is 0.571. The van der Waals surface area contributed by atoms with Gasteiger partial charge in [-0.3, -0.25) is 10.1 Å². The lowest BCUT2D eigenvalue weighted by molar-refractivity contribution is -0.429. The van der Waals surface area contributed by atoms with Gasteiger partial charge in [0.2, 0.25) is 5.70 Å². The summed E-state index contributed by atoms with van der Waals surface area (Å²) in [7, 11) is 0. The zero-order valence-electron chi connectivity index (χ0n) is 6.73. The summed E-state index contributed by atoms with van der Waals surface area (Å²) in [6.07, 6.45) is 2.31. The average molecular weight is 206 g/mol. The predicted molar refractivity (Wildman–Crippen MR) is 45.1 cm³/mol. The quantitative estimate of drug-likeness (QED) is 0.393. The molecule has 0 aromatic carbocycles. The van der Waals surface area contributed by atoms with Gasteiger partial charge in [-0.1, -0.05) is 0 Å². The van der Waals surface area contributed by atoms with Crippen LogP contribution in [0.15, 0.2) is 11.8 Å². The van der Waals surface area contributed by atoms with Gasteiger partial charge in [-0.05, 0) is 12.5 Å². The van der Waals surface area contributed by atoms with Gasteiger partial charge in [-0.15, -0.1) is 0 Å². The highest BCUT2D eigenvalue weighted by atomic mass is 35.5. The number of rotatable bonds is 2. The third-order valence-electron chi connectivity index (χ3n) is 1.83. The van der Waals surface area contributed by atoms with Crippen molar-refractivity contribution in [1.82, 2.24) is 0 Å². The first-order chi connectivity index (χ1) is 6.09. The first-order valence-corrected chi connectivity index (χ1v) is 4.17. The van der Waals surface area contributed by atoms with Gasteiger partial charge >= 0.3 is 5.43 Å². The molecule has 1 rings (SSSR count). The van der Waals surface area contributed by atoms with Gasteiger partial charge in [0.1, 0.15) is 6.10 Å². The Morgan fingerprint density at radius 2 is 2.46 bits per heavy atom. The zero-order chi connectivity index (χ0) is 9.84. The molecule has 0 aromatic heterocycles. The Labute approximate surface area is 79.5 Å². The highest BCUT2D eigenvalue weighted by molar-refractivity contribution is 6.61. The second kappa shape index (κ2) is 4.23. The van der Waals surface area contributed by atoms with Crippen molar-refractivity contribution in [1.29, 1.82) is 0 Å². The molecule has 13 heavy (non-hydrogen) atoms. The van der Waals surface area contributed by atoms with E-state index in [0.717, 1.165) is 0 Å². The molecule has 0 amide bonds. The van der Waals surface area contributed by atoms with Crippen LogP contribution in [-0.2, 0) is 4.74 Å². The topological polar surface area (TPSA) is 69.4 Å². The maximum atomic E-state index is 10.3. The zero-order valence-corrected chi connectivity index (χ0v) is 7.49. The third-order valence-corrected chi connectivity index (χ3v) is 1.92. The van der Waals surface area contributed by atoms with E-state index in [1.54, 1.807) is 0 Å². The second-order valence-corrected chi connectivity index (χ2v) is 3.01. The Kier molecular flexibility index (Phi) is 3.25. The van der Waals surface area contributed by atoms with Crippen molar-refractivity contribution in [2.24, 2.45) is 0 Å². The van der Waals surface area contributed by atoms with Gasteiger partial charge in [0, 0.05) is 24.4 Å². The van der Waals surface area contributed by atoms with Gasteiger partial charge < -0.3 is 4.74 Å². The van der Waals surface area contributed by atoms with E-state index in [1.165, 1.54) is 6.08 Å². The van der Waals surface area contributed by atoms with Crippen molar-refractivity contribution >= 4 is 17.0 Å². The van der Waals surface area contributed by atoms with Gasteiger partial charge in [0.15, 0.2) is 0 Å². The molecule has 0 heterocycles. The van der Waals surface area contributed by atoms with Crippen LogP contribution in [0.4, 0.5) is 4.79 Å². The molecule has 0 aromatic rings. The molecule has 0 fully saturated rings. The van der Waals surface area contributed by atoms with Crippen LogP contribution in [0.3, 0.4) is 0 Å². The number of hydrogen-bond donors (Lipinski definition) is 0. The van der Waals surface area contributed by atoms with Crippen LogP contribution in [0.1, 0.15) is 19.3 Å². The lowest BCUT2D eigenvalue weighted by atomic mass is 10.0. The summed E-state index contributed by atoms with van der Waals surface area (Å²) in [5, 5.41) is 10.3. The monoisotopic (exact) mass is 205 g/mol. The molecule has 0 radical (unpaired) electrons. The summed E-state index contributed by atoms with van der Waals surface area (Å²) < 4.78 is 4.68. The van der Waals surface area contributed by atoms with E-state index in [-0.39, 0.29) is 11.8 Å². The summed E-state index contributed by atoms with van der Waals surface area (Å²) in [5.41, 5.74) is -0.676. The third kappa shape index (κ3) is 3.02. The molecule has 1 aliphatic rings. The summed E-state index contributed by atoms with van der Waals surface area (Å²) in [6.45, 7) is 0. The number of nitro groups is 1. The molecular formula is C7H8ClNO4. The van der Waals surface area contributed by atoms with Crippen molar-refractivity contribution in [3.8, 4) is 0 Å². The lowest BCUT2D eigenvalue weighted by Crippen LogP contribution is -2.19. The smallest absolute Gasteiger partial charge is 0.404 e. The van der Waals surface area contributed by atoms with Crippen molar-refractivity contribution < 1.29 is 14.5 Å². The number of halogens is 1. The average Bonchev–Trinajstić information content (AvgIpc) is 2.04. The maximum absolute atomic E-state index is 10.3. The SMILES string of the molecule is O=C(Cl)OC1CC=C([N+](=O)[O-])CC1. The van der Waals surface area contributed by atoms with E-state index in [0.29, 0.717) is 19.3 Å². The normalized spacial score (nSPS) is 21.9. The Hall–Kier alpha value is -1.10. The molecule has 0 saturated heterocycles. The van der Waals surface area contributed by atoms with Crippen LogP contribution in [0.2, 0.25) is 0 Å². The van der Waals surface area contributed by atoms with Crippen LogP contribution in [0.25, 0.3) is 0 Å². The van der Waals surface area contributed by atoms with Crippen molar-refractivity contribution in [3.05, 3.63) is 21.9 Å². The number of ether oxygens (including phenoxy) is 1. The van der Waals surface area contributed by atoms with E-state index >= 15 is 0 Å². The van der Waals surface area contributed by atoms with Crippen molar-refractivity contribution in [2.75, 3.05) is 0 Å². The minimum atomic E-state index is -0.858. The first-order valence-electron chi connectivity index (χ1n) is 3.79. The van der Waals surface area contributed by atoms with Crippen LogP contribution in [0, 0.1) is 10.1 Å². The van der Waals surface area contributed by atoms with Crippen LogP contribution >= 0.6 is 11.6 Å². The maximum Gasteiger partial charge on any atom is 0.404 e. The van der Waals surface area contributed by atoms with Crippen molar-refractivity contribution in [3.63, 3.8) is 0 Å². The van der Waals surface area contributed by atoms with Gasteiger partial charge in [0.05, 0.1) is 4.92 Å². The number of nitrogens with zero attached hydrogens (tertiary/aromatic N) is 1. The lowest BCUT2D eigenvalue weighted by Gasteiger charge is -2.16. The molecule has 0 saturated carbocycles. The number of allylic oxidation sites excluding steroid dienone is 1. The summed E-state index contributed by atoms with van der Waals surface area (Å²) in [4.78, 5) is 20.2. The summed E-state index contributed by atoms with van der Waals surface area (Å²) >= 11 is 4.99. The summed E-state index contributed by atoms with van der Waals surface area (Å²) in [6, 6.07) is 0. The second-order valence-electron chi connectivity index (χ2n) is 2.70. The molecule has 6 heteroatoms. The number of hydrogen-bond acceptors (Lipinski definition) is 4. The minimum absolute atomic E-state index is 0.182.